The number of carbonyl (C=O) groups excluding carboxylic acids is 2. The summed E-state index contributed by atoms with van der Waals surface area (Å²) in [6.07, 6.45) is 1.28. The van der Waals surface area contributed by atoms with Crippen molar-refractivity contribution < 1.29 is 23.8 Å². The summed E-state index contributed by atoms with van der Waals surface area (Å²) in [5.74, 6) is -1.96. The van der Waals surface area contributed by atoms with Gasteiger partial charge < -0.3 is 30.8 Å². The van der Waals surface area contributed by atoms with Gasteiger partial charge in [0.15, 0.2) is 0 Å². The minimum Gasteiger partial charge on any atom is -0.439 e. The van der Waals surface area contributed by atoms with E-state index in [1.807, 2.05) is 0 Å². The third kappa shape index (κ3) is 7.15. The number of aromatic nitrogens is 3. The number of nitrogens with zero attached hydrogens (tertiary/aromatic N) is 3. The molecule has 2 aromatic heterocycles. The van der Waals surface area contributed by atoms with Crippen LogP contribution in [-0.2, 0) is 11.3 Å². The van der Waals surface area contributed by atoms with Crippen molar-refractivity contribution in [2.75, 3.05) is 11.9 Å². The summed E-state index contributed by atoms with van der Waals surface area (Å²) in [6.45, 7) is -0.541. The average Bonchev–Trinajstić information content (AvgIpc) is 2.90. The maximum atomic E-state index is 13.3. The SMILES string of the molecule is NC(=O)[C@H](CO)NC(=O)c1cn(Cc2ccc(Cl)cc2)c(Nc2ccc(Oc3cccc(F)n3)cc2)nc1=O. The van der Waals surface area contributed by atoms with Crippen LogP contribution in [-0.4, -0.2) is 44.1 Å². The number of aliphatic hydroxyl groups excluding tert-OH is 1. The highest BCUT2D eigenvalue weighted by molar-refractivity contribution is 6.30. The highest BCUT2D eigenvalue weighted by atomic mass is 35.5. The van der Waals surface area contributed by atoms with Crippen LogP contribution in [0.1, 0.15) is 15.9 Å². The summed E-state index contributed by atoms with van der Waals surface area (Å²) in [7, 11) is 0. The predicted molar refractivity (Wildman–Crippen MR) is 141 cm³/mol. The molecule has 0 unspecified atom stereocenters. The third-order valence-corrected chi connectivity index (χ3v) is 5.61. The number of halogens is 2. The molecule has 11 nitrogen and oxygen atoms in total. The van der Waals surface area contributed by atoms with Crippen molar-refractivity contribution in [3.05, 3.63) is 105 Å². The second-order valence-corrected chi connectivity index (χ2v) is 8.64. The zero-order valence-electron chi connectivity index (χ0n) is 20.2. The third-order valence-electron chi connectivity index (χ3n) is 5.36. The van der Waals surface area contributed by atoms with Gasteiger partial charge in [0.25, 0.3) is 11.5 Å². The lowest BCUT2D eigenvalue weighted by molar-refractivity contribution is -0.120. The van der Waals surface area contributed by atoms with Crippen LogP contribution in [0, 0.1) is 5.95 Å². The van der Waals surface area contributed by atoms with Crippen molar-refractivity contribution in [1.29, 1.82) is 0 Å². The number of aliphatic hydroxyl groups is 1. The molecule has 2 heterocycles. The fourth-order valence-corrected chi connectivity index (χ4v) is 3.53. The van der Waals surface area contributed by atoms with E-state index >= 15 is 0 Å². The molecule has 39 heavy (non-hydrogen) atoms. The van der Waals surface area contributed by atoms with Gasteiger partial charge in [0.2, 0.25) is 23.7 Å². The Morgan fingerprint density at radius 1 is 1.08 bits per heavy atom. The molecular formula is C26H22ClFN6O5. The van der Waals surface area contributed by atoms with Crippen LogP contribution in [0.2, 0.25) is 5.02 Å². The maximum Gasteiger partial charge on any atom is 0.287 e. The van der Waals surface area contributed by atoms with Crippen LogP contribution in [0.4, 0.5) is 16.0 Å². The van der Waals surface area contributed by atoms with Crippen LogP contribution in [0.25, 0.3) is 0 Å². The maximum absolute atomic E-state index is 13.3. The summed E-state index contributed by atoms with van der Waals surface area (Å²) < 4.78 is 20.4. The van der Waals surface area contributed by atoms with E-state index in [2.05, 4.69) is 20.6 Å². The molecule has 0 saturated carbocycles. The molecule has 0 aliphatic heterocycles. The number of benzene rings is 2. The zero-order chi connectivity index (χ0) is 27.9. The number of carbonyl (C=O) groups is 2. The van der Waals surface area contributed by atoms with E-state index in [1.54, 1.807) is 48.5 Å². The van der Waals surface area contributed by atoms with Gasteiger partial charge in [0.1, 0.15) is 17.4 Å². The minimum atomic E-state index is -1.37. The molecule has 4 rings (SSSR count). The summed E-state index contributed by atoms with van der Waals surface area (Å²) >= 11 is 5.98. The van der Waals surface area contributed by atoms with Crippen LogP contribution in [0.3, 0.4) is 0 Å². The monoisotopic (exact) mass is 552 g/mol. The standard InChI is InChI=1S/C26H22ClFN6O5/c27-16-6-4-15(5-7-16)12-34-13-19(24(37)31-20(14-35)23(29)36)25(38)33-26(34)30-17-8-10-18(11-9-17)39-22-3-1-2-21(28)32-22/h1-11,13,20,35H,12,14H2,(H2,29,36)(H,31,37)(H,30,33,38)/t20-/m0/s1. The minimum absolute atomic E-state index is 0.0859. The molecule has 0 aliphatic carbocycles. The van der Waals surface area contributed by atoms with Crippen LogP contribution in [0.15, 0.2) is 77.7 Å². The van der Waals surface area contributed by atoms with Gasteiger partial charge in [-0.1, -0.05) is 29.8 Å². The van der Waals surface area contributed by atoms with Gasteiger partial charge in [-0.05, 0) is 48.0 Å². The van der Waals surface area contributed by atoms with Crippen LogP contribution in [0.5, 0.6) is 11.6 Å². The molecule has 0 aliphatic rings. The number of nitrogens with one attached hydrogen (secondary N) is 2. The normalized spacial score (nSPS) is 11.5. The summed E-state index contributed by atoms with van der Waals surface area (Å²) in [5.41, 5.74) is 5.24. The molecule has 200 valence electrons. The molecular weight excluding hydrogens is 531 g/mol. The first-order valence-corrected chi connectivity index (χ1v) is 11.8. The molecule has 0 saturated heterocycles. The quantitative estimate of drug-likeness (QED) is 0.218. The molecule has 0 spiro atoms. The van der Waals surface area contributed by atoms with E-state index in [0.717, 1.165) is 5.56 Å². The number of nitrogens with two attached hydrogens (primary N) is 1. The number of amides is 2. The smallest absolute Gasteiger partial charge is 0.287 e. The van der Waals surface area contributed by atoms with Gasteiger partial charge >= 0.3 is 0 Å². The molecule has 2 aromatic carbocycles. The Bertz CT molecular complexity index is 1550. The Morgan fingerprint density at radius 2 is 1.79 bits per heavy atom. The second-order valence-electron chi connectivity index (χ2n) is 8.20. The molecule has 0 bridgehead atoms. The van der Waals surface area contributed by atoms with E-state index in [1.165, 1.54) is 29.0 Å². The van der Waals surface area contributed by atoms with Gasteiger partial charge in [-0.15, -0.1) is 0 Å². The molecule has 0 radical (unpaired) electrons. The Morgan fingerprint density at radius 3 is 2.44 bits per heavy atom. The fraction of sp³-hybridized carbons (Fsp3) is 0.115. The van der Waals surface area contributed by atoms with Gasteiger partial charge in [0.05, 0.1) is 13.2 Å². The Balaban J connectivity index is 1.62. The average molecular weight is 553 g/mol. The van der Waals surface area contributed by atoms with Crippen molar-refractivity contribution >= 4 is 35.1 Å². The lowest BCUT2D eigenvalue weighted by Gasteiger charge is -2.17. The summed E-state index contributed by atoms with van der Waals surface area (Å²) in [4.78, 5) is 44.6. The second kappa shape index (κ2) is 12.2. The van der Waals surface area contributed by atoms with E-state index in [0.29, 0.717) is 16.5 Å². The fourth-order valence-electron chi connectivity index (χ4n) is 3.40. The van der Waals surface area contributed by atoms with E-state index < -0.39 is 36.0 Å². The molecule has 5 N–H and O–H groups in total. The number of anilines is 2. The lowest BCUT2D eigenvalue weighted by atomic mass is 10.2. The lowest BCUT2D eigenvalue weighted by Crippen LogP contribution is -2.48. The number of hydrogen-bond donors (Lipinski definition) is 4. The first-order valence-electron chi connectivity index (χ1n) is 11.5. The van der Waals surface area contributed by atoms with Gasteiger partial charge in [-0.3, -0.25) is 14.4 Å². The molecule has 0 fully saturated rings. The largest absolute Gasteiger partial charge is 0.439 e. The highest BCUT2D eigenvalue weighted by Crippen LogP contribution is 2.23. The number of ether oxygens (including phenoxy) is 1. The van der Waals surface area contributed by atoms with Crippen molar-refractivity contribution in [3.63, 3.8) is 0 Å². The zero-order valence-corrected chi connectivity index (χ0v) is 20.9. The Kier molecular flexibility index (Phi) is 8.49. The van der Waals surface area contributed by atoms with Crippen molar-refractivity contribution in [3.8, 4) is 11.6 Å². The van der Waals surface area contributed by atoms with Crippen LogP contribution < -0.4 is 26.7 Å². The molecule has 1 atom stereocenters. The van der Waals surface area contributed by atoms with Crippen LogP contribution >= 0.6 is 11.6 Å². The number of rotatable bonds is 10. The first-order chi connectivity index (χ1) is 18.7. The van der Waals surface area contributed by atoms with Gasteiger partial charge in [-0.25, -0.2) is 0 Å². The number of pyridine rings is 1. The Hall–Kier alpha value is -4.81. The molecule has 2 amide bonds. The Labute approximate surface area is 226 Å². The van der Waals surface area contributed by atoms with Gasteiger partial charge in [0, 0.05) is 23.0 Å². The van der Waals surface area contributed by atoms with Gasteiger partial charge in [-0.2, -0.15) is 14.4 Å². The number of hydrogen-bond acceptors (Lipinski definition) is 8. The summed E-state index contributed by atoms with van der Waals surface area (Å²) in [6, 6.07) is 16.2. The molecule has 4 aromatic rings. The summed E-state index contributed by atoms with van der Waals surface area (Å²) in [5, 5.41) is 15.1. The molecule has 13 heteroatoms. The van der Waals surface area contributed by atoms with Crippen molar-refractivity contribution in [2.45, 2.75) is 12.6 Å². The first kappa shape index (κ1) is 27.2. The van der Waals surface area contributed by atoms with Crippen molar-refractivity contribution in [1.82, 2.24) is 19.9 Å². The number of primary amides is 1. The van der Waals surface area contributed by atoms with E-state index in [9.17, 15) is 23.9 Å². The van der Waals surface area contributed by atoms with E-state index in [-0.39, 0.29) is 23.9 Å². The van der Waals surface area contributed by atoms with E-state index in [4.69, 9.17) is 22.1 Å². The highest BCUT2D eigenvalue weighted by Gasteiger charge is 2.21. The predicted octanol–water partition coefficient (Wildman–Crippen LogP) is 2.59. The topological polar surface area (TPSA) is 161 Å². The van der Waals surface area contributed by atoms with Crippen molar-refractivity contribution in [2.24, 2.45) is 5.73 Å².